The molecule has 4 nitrogen and oxygen atoms in total. The summed E-state index contributed by atoms with van der Waals surface area (Å²) in [5.74, 6) is 0. The van der Waals surface area contributed by atoms with Crippen molar-refractivity contribution in [2.45, 2.75) is 25.9 Å². The van der Waals surface area contributed by atoms with Crippen molar-refractivity contribution in [3.05, 3.63) is 0 Å². The number of ether oxygens (including phenoxy) is 2. The fraction of sp³-hybridized carbons (Fsp3) is 1.00. The molecule has 4 heteroatoms. The summed E-state index contributed by atoms with van der Waals surface area (Å²) in [4.78, 5) is 2.34. The lowest BCUT2D eigenvalue weighted by molar-refractivity contribution is -0.0217. The maximum atomic E-state index is 5.74. The highest BCUT2D eigenvalue weighted by atomic mass is 16.5. The molecule has 2 fully saturated rings. The van der Waals surface area contributed by atoms with Crippen molar-refractivity contribution in [3.63, 3.8) is 0 Å². The van der Waals surface area contributed by atoms with Crippen molar-refractivity contribution >= 4 is 0 Å². The van der Waals surface area contributed by atoms with Gasteiger partial charge in [-0.15, -0.1) is 0 Å². The lowest BCUT2D eigenvalue weighted by Crippen LogP contribution is -2.47. The van der Waals surface area contributed by atoms with Crippen molar-refractivity contribution < 1.29 is 9.47 Å². The van der Waals surface area contributed by atoms with Gasteiger partial charge in [-0.25, -0.2) is 0 Å². The lowest BCUT2D eigenvalue weighted by Gasteiger charge is -2.35. The molecular weight excluding hydrogens is 216 g/mol. The van der Waals surface area contributed by atoms with Crippen LogP contribution in [0.5, 0.6) is 0 Å². The van der Waals surface area contributed by atoms with Crippen LogP contribution in [0.25, 0.3) is 0 Å². The van der Waals surface area contributed by atoms with E-state index in [0.29, 0.717) is 11.5 Å². The Hall–Kier alpha value is -0.160. The number of likely N-dealkylation sites (N-methyl/N-ethyl adjacent to an activating group) is 1. The second kappa shape index (κ2) is 6.14. The molecule has 2 aliphatic heterocycles. The van der Waals surface area contributed by atoms with Crippen LogP contribution in [0.3, 0.4) is 0 Å². The van der Waals surface area contributed by atoms with Gasteiger partial charge in [0.1, 0.15) is 0 Å². The van der Waals surface area contributed by atoms with Crippen LogP contribution in [0.15, 0.2) is 0 Å². The number of rotatable bonds is 4. The van der Waals surface area contributed by atoms with Gasteiger partial charge in [0.05, 0.1) is 12.7 Å². The first-order chi connectivity index (χ1) is 8.18. The molecule has 0 radical (unpaired) electrons. The minimum Gasteiger partial charge on any atom is -0.381 e. The van der Waals surface area contributed by atoms with Crippen molar-refractivity contribution in [1.29, 1.82) is 0 Å². The van der Waals surface area contributed by atoms with E-state index in [1.54, 1.807) is 0 Å². The average molecular weight is 242 g/mol. The van der Waals surface area contributed by atoms with Gasteiger partial charge in [0.2, 0.25) is 0 Å². The smallest absolute Gasteiger partial charge is 0.0826 e. The van der Waals surface area contributed by atoms with Crippen LogP contribution in [0.4, 0.5) is 0 Å². The summed E-state index contributed by atoms with van der Waals surface area (Å²) < 4.78 is 11.2. The van der Waals surface area contributed by atoms with Gasteiger partial charge >= 0.3 is 0 Å². The summed E-state index contributed by atoms with van der Waals surface area (Å²) in [5.41, 5.74) is 0.415. The second-order valence-electron chi connectivity index (χ2n) is 5.81. The number of hydrogen-bond donors (Lipinski definition) is 1. The Morgan fingerprint density at radius 1 is 1.29 bits per heavy atom. The highest BCUT2D eigenvalue weighted by molar-refractivity contribution is 4.81. The van der Waals surface area contributed by atoms with Gasteiger partial charge in [0, 0.05) is 39.4 Å². The molecule has 2 rings (SSSR count). The molecule has 0 spiro atoms. The Balaban J connectivity index is 1.64. The van der Waals surface area contributed by atoms with Crippen molar-refractivity contribution in [2.75, 3.05) is 53.0 Å². The van der Waals surface area contributed by atoms with E-state index in [-0.39, 0.29) is 0 Å². The van der Waals surface area contributed by atoms with E-state index in [2.05, 4.69) is 24.2 Å². The number of morpholine rings is 1. The molecule has 1 atom stereocenters. The van der Waals surface area contributed by atoms with E-state index < -0.39 is 0 Å². The first-order valence-corrected chi connectivity index (χ1v) is 6.77. The highest BCUT2D eigenvalue weighted by Gasteiger charge is 2.27. The van der Waals surface area contributed by atoms with E-state index in [9.17, 15) is 0 Å². The summed E-state index contributed by atoms with van der Waals surface area (Å²) in [6, 6.07) is 0. The summed E-state index contributed by atoms with van der Waals surface area (Å²) in [6.45, 7) is 9.23. The maximum Gasteiger partial charge on any atom is 0.0826 e. The molecule has 0 amide bonds. The van der Waals surface area contributed by atoms with Crippen LogP contribution < -0.4 is 5.32 Å². The molecule has 0 aromatic carbocycles. The third kappa shape index (κ3) is 4.21. The van der Waals surface area contributed by atoms with Gasteiger partial charge in [-0.05, 0) is 25.3 Å². The summed E-state index contributed by atoms with van der Waals surface area (Å²) in [6.07, 6.45) is 2.70. The van der Waals surface area contributed by atoms with Crippen LogP contribution in [0.1, 0.15) is 19.8 Å². The Morgan fingerprint density at radius 2 is 2.06 bits per heavy atom. The van der Waals surface area contributed by atoms with Crippen LogP contribution in [0, 0.1) is 5.41 Å². The first-order valence-electron chi connectivity index (χ1n) is 6.77. The van der Waals surface area contributed by atoms with E-state index in [4.69, 9.17) is 9.47 Å². The minimum atomic E-state index is 0.359. The van der Waals surface area contributed by atoms with Gasteiger partial charge in [-0.2, -0.15) is 0 Å². The standard InChI is InChI=1S/C13H26N2O2/c1-13(3-6-16-7-4-13)11-14-9-12-10-15(2)5-8-17-12/h12,14H,3-11H2,1-2H3. The van der Waals surface area contributed by atoms with Gasteiger partial charge in [-0.3, -0.25) is 0 Å². The summed E-state index contributed by atoms with van der Waals surface area (Å²) >= 11 is 0. The van der Waals surface area contributed by atoms with Crippen molar-refractivity contribution in [3.8, 4) is 0 Å². The van der Waals surface area contributed by atoms with E-state index in [1.807, 2.05) is 0 Å². The molecule has 2 saturated heterocycles. The van der Waals surface area contributed by atoms with E-state index in [1.165, 1.54) is 12.8 Å². The number of nitrogens with zero attached hydrogens (tertiary/aromatic N) is 1. The predicted molar refractivity (Wildman–Crippen MR) is 68.3 cm³/mol. The fourth-order valence-corrected chi connectivity index (χ4v) is 2.57. The van der Waals surface area contributed by atoms with E-state index >= 15 is 0 Å². The highest BCUT2D eigenvalue weighted by Crippen LogP contribution is 2.28. The zero-order chi connectivity index (χ0) is 12.1. The fourth-order valence-electron chi connectivity index (χ4n) is 2.57. The number of nitrogens with one attached hydrogen (secondary N) is 1. The lowest BCUT2D eigenvalue weighted by atomic mass is 9.82. The zero-order valence-corrected chi connectivity index (χ0v) is 11.2. The Morgan fingerprint density at radius 3 is 2.76 bits per heavy atom. The molecule has 0 saturated carbocycles. The molecule has 2 heterocycles. The van der Waals surface area contributed by atoms with Crippen molar-refractivity contribution in [1.82, 2.24) is 10.2 Å². The second-order valence-corrected chi connectivity index (χ2v) is 5.81. The van der Waals surface area contributed by atoms with Crippen LogP contribution >= 0.6 is 0 Å². The Kier molecular flexibility index (Phi) is 4.79. The van der Waals surface area contributed by atoms with E-state index in [0.717, 1.165) is 46.0 Å². The molecule has 17 heavy (non-hydrogen) atoms. The molecule has 100 valence electrons. The Bertz CT molecular complexity index is 229. The topological polar surface area (TPSA) is 33.7 Å². The number of hydrogen-bond acceptors (Lipinski definition) is 4. The molecule has 2 aliphatic rings. The maximum absolute atomic E-state index is 5.74. The van der Waals surface area contributed by atoms with Gasteiger partial charge < -0.3 is 19.7 Å². The van der Waals surface area contributed by atoms with Crippen LogP contribution in [-0.4, -0.2) is 64.1 Å². The molecule has 0 bridgehead atoms. The first kappa shape index (κ1) is 13.3. The summed E-state index contributed by atoms with van der Waals surface area (Å²) in [5, 5.41) is 3.58. The summed E-state index contributed by atoms with van der Waals surface area (Å²) in [7, 11) is 2.16. The average Bonchev–Trinajstić information content (AvgIpc) is 2.30. The molecule has 0 aliphatic carbocycles. The van der Waals surface area contributed by atoms with Gasteiger partial charge in [0.25, 0.3) is 0 Å². The van der Waals surface area contributed by atoms with Gasteiger partial charge in [-0.1, -0.05) is 6.92 Å². The third-order valence-electron chi connectivity index (χ3n) is 3.97. The third-order valence-corrected chi connectivity index (χ3v) is 3.97. The molecule has 0 aromatic heterocycles. The predicted octanol–water partition coefficient (Wildman–Crippen LogP) is 0.723. The zero-order valence-electron chi connectivity index (χ0n) is 11.2. The SMILES string of the molecule is CN1CCOC(CNCC2(C)CCOCC2)C1. The monoisotopic (exact) mass is 242 g/mol. The Labute approximate surface area is 105 Å². The quantitative estimate of drug-likeness (QED) is 0.788. The van der Waals surface area contributed by atoms with Crippen molar-refractivity contribution in [2.24, 2.45) is 5.41 Å². The van der Waals surface area contributed by atoms with Crippen LogP contribution in [-0.2, 0) is 9.47 Å². The van der Waals surface area contributed by atoms with Crippen LogP contribution in [0.2, 0.25) is 0 Å². The molecule has 1 unspecified atom stereocenters. The molecule has 0 aromatic rings. The minimum absolute atomic E-state index is 0.359. The largest absolute Gasteiger partial charge is 0.381 e. The van der Waals surface area contributed by atoms with Gasteiger partial charge in [0.15, 0.2) is 0 Å². The molecule has 1 N–H and O–H groups in total. The normalized spacial score (nSPS) is 30.4. The molecular formula is C13H26N2O2.